The van der Waals surface area contributed by atoms with Crippen LogP contribution < -0.4 is 14.8 Å². The van der Waals surface area contributed by atoms with Crippen molar-refractivity contribution >= 4 is 0 Å². The molecule has 1 aromatic rings. The second-order valence-corrected chi connectivity index (χ2v) is 5.13. The molecule has 0 radical (unpaired) electrons. The predicted molar refractivity (Wildman–Crippen MR) is 73.1 cm³/mol. The summed E-state index contributed by atoms with van der Waals surface area (Å²) in [5.41, 5.74) is 1.20. The first-order valence-corrected chi connectivity index (χ1v) is 6.54. The highest BCUT2D eigenvalue weighted by Gasteiger charge is 2.43. The van der Waals surface area contributed by atoms with Crippen molar-refractivity contribution in [2.24, 2.45) is 5.41 Å². The maximum absolute atomic E-state index is 8.82. The van der Waals surface area contributed by atoms with Crippen molar-refractivity contribution in [3.63, 3.8) is 0 Å². The normalized spacial score (nSPS) is 15.6. The van der Waals surface area contributed by atoms with Crippen molar-refractivity contribution in [1.29, 1.82) is 5.26 Å². The Balaban J connectivity index is 2.07. The summed E-state index contributed by atoms with van der Waals surface area (Å²) in [7, 11) is 3.56. The van der Waals surface area contributed by atoms with Crippen LogP contribution in [0, 0.1) is 16.7 Å². The number of nitrogens with zero attached hydrogens (tertiary/aromatic N) is 1. The van der Waals surface area contributed by atoms with Crippen molar-refractivity contribution in [2.45, 2.75) is 25.8 Å². The summed E-state index contributed by atoms with van der Waals surface area (Å²) in [5, 5.41) is 12.0. The van der Waals surface area contributed by atoms with Crippen LogP contribution >= 0.6 is 0 Å². The van der Waals surface area contributed by atoms with E-state index in [1.165, 1.54) is 0 Å². The number of nitriles is 1. The molecule has 1 saturated carbocycles. The van der Waals surface area contributed by atoms with Gasteiger partial charge in [-0.05, 0) is 26.0 Å². The van der Waals surface area contributed by atoms with Crippen LogP contribution in [-0.4, -0.2) is 20.8 Å². The van der Waals surface area contributed by atoms with E-state index in [1.807, 2.05) is 25.2 Å². The lowest BCUT2D eigenvalue weighted by Crippen LogP contribution is -2.14. The van der Waals surface area contributed by atoms with Crippen LogP contribution in [0.3, 0.4) is 0 Å². The first kappa shape index (κ1) is 13.7. The Labute approximate surface area is 114 Å². The molecule has 0 unspecified atom stereocenters. The van der Waals surface area contributed by atoms with Gasteiger partial charge in [-0.1, -0.05) is 6.07 Å². The summed E-state index contributed by atoms with van der Waals surface area (Å²) in [6.45, 7) is 1.37. The van der Waals surface area contributed by atoms with E-state index in [1.54, 1.807) is 7.11 Å². The molecular weight excluding hydrogens is 240 g/mol. The fourth-order valence-electron chi connectivity index (χ4n) is 2.08. The Morgan fingerprint density at radius 3 is 2.79 bits per heavy atom. The Kier molecular flexibility index (Phi) is 4.28. The van der Waals surface area contributed by atoms with Crippen molar-refractivity contribution in [2.75, 3.05) is 20.8 Å². The molecule has 0 atom stereocenters. The summed E-state index contributed by atoms with van der Waals surface area (Å²) in [5.74, 6) is 1.64. The zero-order chi connectivity index (χ0) is 13.7. The maximum atomic E-state index is 8.82. The molecule has 2 rings (SSSR count). The van der Waals surface area contributed by atoms with Gasteiger partial charge in [-0.2, -0.15) is 5.26 Å². The molecule has 4 nitrogen and oxygen atoms in total. The molecule has 102 valence electrons. The highest BCUT2D eigenvalue weighted by atomic mass is 16.5. The Morgan fingerprint density at radius 2 is 2.21 bits per heavy atom. The summed E-state index contributed by atoms with van der Waals surface area (Å²) in [6.07, 6.45) is 2.76. The highest BCUT2D eigenvalue weighted by molar-refractivity contribution is 5.40. The van der Waals surface area contributed by atoms with Gasteiger partial charge in [-0.3, -0.25) is 0 Å². The molecule has 0 aromatic heterocycles. The highest BCUT2D eigenvalue weighted by Crippen LogP contribution is 2.48. The molecule has 0 aliphatic heterocycles. The second kappa shape index (κ2) is 5.94. The first-order valence-electron chi connectivity index (χ1n) is 6.54. The number of ether oxygens (including phenoxy) is 2. The third kappa shape index (κ3) is 3.39. The van der Waals surface area contributed by atoms with Crippen LogP contribution in [0.15, 0.2) is 18.2 Å². The lowest BCUT2D eigenvalue weighted by Gasteiger charge is -2.16. The zero-order valence-electron chi connectivity index (χ0n) is 11.5. The van der Waals surface area contributed by atoms with E-state index in [4.69, 9.17) is 14.7 Å². The van der Waals surface area contributed by atoms with Gasteiger partial charge in [0.1, 0.15) is 11.5 Å². The van der Waals surface area contributed by atoms with E-state index >= 15 is 0 Å². The van der Waals surface area contributed by atoms with E-state index in [2.05, 4.69) is 11.4 Å². The second-order valence-electron chi connectivity index (χ2n) is 5.13. The molecule has 1 aliphatic carbocycles. The summed E-state index contributed by atoms with van der Waals surface area (Å²) < 4.78 is 11.2. The van der Waals surface area contributed by atoms with Gasteiger partial charge in [-0.25, -0.2) is 0 Å². The largest absolute Gasteiger partial charge is 0.497 e. The Morgan fingerprint density at radius 1 is 1.42 bits per heavy atom. The van der Waals surface area contributed by atoms with E-state index in [0.717, 1.165) is 36.4 Å². The summed E-state index contributed by atoms with van der Waals surface area (Å²) in [4.78, 5) is 0. The maximum Gasteiger partial charge on any atom is 0.127 e. The van der Waals surface area contributed by atoms with Crippen LogP contribution in [0.5, 0.6) is 11.5 Å². The summed E-state index contributed by atoms with van der Waals surface area (Å²) in [6, 6.07) is 8.10. The van der Waals surface area contributed by atoms with E-state index in [-0.39, 0.29) is 5.41 Å². The smallest absolute Gasteiger partial charge is 0.127 e. The van der Waals surface area contributed by atoms with Crippen molar-refractivity contribution in [1.82, 2.24) is 5.32 Å². The number of rotatable bonds is 7. The van der Waals surface area contributed by atoms with Gasteiger partial charge in [0.25, 0.3) is 0 Å². The Bertz CT molecular complexity index is 476. The van der Waals surface area contributed by atoms with Crippen molar-refractivity contribution < 1.29 is 9.47 Å². The lowest BCUT2D eigenvalue weighted by molar-refractivity contribution is 0.233. The van der Waals surface area contributed by atoms with Gasteiger partial charge in [0.05, 0.1) is 19.8 Å². The topological polar surface area (TPSA) is 54.3 Å². The van der Waals surface area contributed by atoms with E-state index in [9.17, 15) is 0 Å². The summed E-state index contributed by atoms with van der Waals surface area (Å²) >= 11 is 0. The van der Waals surface area contributed by atoms with Gasteiger partial charge < -0.3 is 14.8 Å². The SMILES string of the molecule is CNCc1ccc(OC)cc1OCC1(CC#N)CC1. The molecule has 0 saturated heterocycles. The molecule has 0 spiro atoms. The van der Waals surface area contributed by atoms with Crippen LogP contribution in [0.2, 0.25) is 0 Å². The van der Waals surface area contributed by atoms with Crippen LogP contribution in [0.1, 0.15) is 24.8 Å². The quantitative estimate of drug-likeness (QED) is 0.818. The molecule has 1 fully saturated rings. The monoisotopic (exact) mass is 260 g/mol. The van der Waals surface area contributed by atoms with Crippen molar-refractivity contribution in [3.05, 3.63) is 23.8 Å². The predicted octanol–water partition coefficient (Wildman–Crippen LogP) is 2.49. The van der Waals surface area contributed by atoms with Gasteiger partial charge in [0.2, 0.25) is 0 Å². The molecule has 1 aromatic carbocycles. The zero-order valence-corrected chi connectivity index (χ0v) is 11.5. The number of nitrogens with one attached hydrogen (secondary N) is 1. The van der Waals surface area contributed by atoms with Gasteiger partial charge in [-0.15, -0.1) is 0 Å². The van der Waals surface area contributed by atoms with Gasteiger partial charge >= 0.3 is 0 Å². The molecule has 1 N–H and O–H groups in total. The van der Waals surface area contributed by atoms with Crippen molar-refractivity contribution in [3.8, 4) is 17.6 Å². The van der Waals surface area contributed by atoms with E-state index < -0.39 is 0 Å². The fourth-order valence-corrected chi connectivity index (χ4v) is 2.08. The average molecular weight is 260 g/mol. The lowest BCUT2D eigenvalue weighted by atomic mass is 10.1. The fraction of sp³-hybridized carbons (Fsp3) is 0.533. The molecule has 0 amide bonds. The van der Waals surface area contributed by atoms with E-state index in [0.29, 0.717) is 13.0 Å². The third-order valence-corrected chi connectivity index (χ3v) is 3.59. The van der Waals surface area contributed by atoms with Crippen LogP contribution in [0.4, 0.5) is 0 Å². The number of hydrogen-bond donors (Lipinski definition) is 1. The average Bonchev–Trinajstić information content (AvgIpc) is 3.18. The van der Waals surface area contributed by atoms with Crippen LogP contribution in [-0.2, 0) is 6.54 Å². The molecule has 19 heavy (non-hydrogen) atoms. The number of benzene rings is 1. The standard InChI is InChI=1S/C15H20N2O2/c1-17-10-12-3-4-13(18-2)9-14(12)19-11-15(5-6-15)7-8-16/h3-4,9,17H,5-7,10-11H2,1-2H3. The van der Waals surface area contributed by atoms with Gasteiger partial charge in [0.15, 0.2) is 0 Å². The minimum absolute atomic E-state index is 0.0920. The van der Waals surface area contributed by atoms with Gasteiger partial charge in [0, 0.05) is 30.0 Å². The van der Waals surface area contributed by atoms with Crippen LogP contribution in [0.25, 0.3) is 0 Å². The minimum atomic E-state index is 0.0920. The number of methoxy groups -OCH3 is 1. The molecule has 1 aliphatic rings. The molecule has 4 heteroatoms. The Hall–Kier alpha value is -1.73. The minimum Gasteiger partial charge on any atom is -0.497 e. The molecular formula is C15H20N2O2. The molecule has 0 heterocycles. The molecule has 0 bridgehead atoms. The first-order chi connectivity index (χ1) is 9.23. The number of hydrogen-bond acceptors (Lipinski definition) is 4. The third-order valence-electron chi connectivity index (χ3n) is 3.59.